The molecule has 90 valence electrons. The molecule has 2 aromatic rings. The fourth-order valence-electron chi connectivity index (χ4n) is 1.78. The van der Waals surface area contributed by atoms with Crippen molar-refractivity contribution >= 4 is 0 Å². The highest BCUT2D eigenvalue weighted by Crippen LogP contribution is 2.24. The smallest absolute Gasteiger partial charge is 0.142 e. The first kappa shape index (κ1) is 11.8. The monoisotopic (exact) mass is 233 g/mol. The molecular formula is C13H16FN3. The van der Waals surface area contributed by atoms with Crippen LogP contribution in [0.5, 0.6) is 0 Å². The van der Waals surface area contributed by atoms with E-state index in [1.807, 2.05) is 37.8 Å². The van der Waals surface area contributed by atoms with Gasteiger partial charge in [0, 0.05) is 25.5 Å². The molecule has 0 aliphatic carbocycles. The Morgan fingerprint density at radius 1 is 1.41 bits per heavy atom. The third-order valence-electron chi connectivity index (χ3n) is 2.99. The lowest BCUT2D eigenvalue weighted by Crippen LogP contribution is -2.12. The highest BCUT2D eigenvalue weighted by Gasteiger charge is 2.12. The number of aryl methyl sites for hydroxylation is 1. The maximum absolute atomic E-state index is 13.8. The molecule has 0 aliphatic heterocycles. The van der Waals surface area contributed by atoms with Gasteiger partial charge in [-0.3, -0.25) is 0 Å². The van der Waals surface area contributed by atoms with Gasteiger partial charge in [-0.1, -0.05) is 6.07 Å². The van der Waals surface area contributed by atoms with Gasteiger partial charge in [-0.05, 0) is 31.7 Å². The summed E-state index contributed by atoms with van der Waals surface area (Å²) in [6, 6.07) is 5.32. The normalized spacial score (nSPS) is 12.7. The first-order valence-corrected chi connectivity index (χ1v) is 5.58. The van der Waals surface area contributed by atoms with E-state index < -0.39 is 0 Å². The van der Waals surface area contributed by atoms with Crippen LogP contribution in [0.25, 0.3) is 11.4 Å². The predicted octanol–water partition coefficient (Wildman–Crippen LogP) is 2.51. The molecule has 0 amide bonds. The summed E-state index contributed by atoms with van der Waals surface area (Å²) in [5, 5.41) is 3.14. The van der Waals surface area contributed by atoms with Crippen molar-refractivity contribution in [1.29, 1.82) is 0 Å². The van der Waals surface area contributed by atoms with Gasteiger partial charge in [-0.15, -0.1) is 0 Å². The van der Waals surface area contributed by atoms with Crippen molar-refractivity contribution in [3.63, 3.8) is 0 Å². The summed E-state index contributed by atoms with van der Waals surface area (Å²) in [5.74, 6) is 0.402. The van der Waals surface area contributed by atoms with Crippen molar-refractivity contribution in [2.75, 3.05) is 7.05 Å². The summed E-state index contributed by atoms with van der Waals surface area (Å²) >= 11 is 0. The first-order valence-electron chi connectivity index (χ1n) is 5.58. The van der Waals surface area contributed by atoms with Crippen LogP contribution in [0, 0.1) is 5.82 Å². The van der Waals surface area contributed by atoms with Gasteiger partial charge in [0.1, 0.15) is 11.6 Å². The molecule has 0 radical (unpaired) electrons. The van der Waals surface area contributed by atoms with Crippen LogP contribution in [0.3, 0.4) is 0 Å². The molecule has 17 heavy (non-hydrogen) atoms. The number of nitrogens with one attached hydrogen (secondary N) is 1. The Labute approximate surface area is 100 Å². The maximum atomic E-state index is 13.8. The van der Waals surface area contributed by atoms with E-state index in [1.54, 1.807) is 12.3 Å². The SMILES string of the molecule is CNC(C)c1ccc(F)c(-c2nccn2C)c1. The number of benzene rings is 1. The quantitative estimate of drug-likeness (QED) is 0.882. The summed E-state index contributed by atoms with van der Waals surface area (Å²) in [7, 11) is 3.74. The average molecular weight is 233 g/mol. The zero-order chi connectivity index (χ0) is 12.4. The number of nitrogens with zero attached hydrogens (tertiary/aromatic N) is 2. The zero-order valence-electron chi connectivity index (χ0n) is 10.2. The van der Waals surface area contributed by atoms with E-state index in [0.29, 0.717) is 11.4 Å². The molecule has 0 spiro atoms. The largest absolute Gasteiger partial charge is 0.334 e. The van der Waals surface area contributed by atoms with Crippen molar-refractivity contribution in [3.8, 4) is 11.4 Å². The molecule has 1 aromatic carbocycles. The van der Waals surface area contributed by atoms with E-state index >= 15 is 0 Å². The van der Waals surface area contributed by atoms with E-state index in [2.05, 4.69) is 10.3 Å². The van der Waals surface area contributed by atoms with E-state index in [-0.39, 0.29) is 11.9 Å². The average Bonchev–Trinajstić information content (AvgIpc) is 2.75. The summed E-state index contributed by atoms with van der Waals surface area (Å²) in [6.45, 7) is 2.04. The minimum atomic E-state index is -0.244. The second-order valence-corrected chi connectivity index (χ2v) is 4.11. The Balaban J connectivity index is 2.50. The lowest BCUT2D eigenvalue weighted by atomic mass is 10.0. The molecule has 1 heterocycles. The second-order valence-electron chi connectivity index (χ2n) is 4.11. The molecule has 4 heteroatoms. The maximum Gasteiger partial charge on any atom is 0.142 e. The summed E-state index contributed by atoms with van der Waals surface area (Å²) in [6.07, 6.45) is 3.48. The Kier molecular flexibility index (Phi) is 3.24. The third kappa shape index (κ3) is 2.22. The van der Waals surface area contributed by atoms with Crippen molar-refractivity contribution in [2.45, 2.75) is 13.0 Å². The van der Waals surface area contributed by atoms with Crippen molar-refractivity contribution in [3.05, 3.63) is 42.0 Å². The van der Waals surface area contributed by atoms with Gasteiger partial charge in [-0.2, -0.15) is 0 Å². The van der Waals surface area contributed by atoms with Crippen LogP contribution < -0.4 is 5.32 Å². The number of rotatable bonds is 3. The molecule has 1 N–H and O–H groups in total. The Bertz CT molecular complexity index is 519. The molecule has 0 bridgehead atoms. The molecule has 1 unspecified atom stereocenters. The van der Waals surface area contributed by atoms with Gasteiger partial charge >= 0.3 is 0 Å². The highest BCUT2D eigenvalue weighted by molar-refractivity contribution is 5.58. The molecule has 1 atom stereocenters. The first-order chi connectivity index (χ1) is 8.13. The minimum Gasteiger partial charge on any atom is -0.334 e. The summed E-state index contributed by atoms with van der Waals surface area (Å²) in [4.78, 5) is 4.18. The Hall–Kier alpha value is -1.68. The number of aromatic nitrogens is 2. The topological polar surface area (TPSA) is 29.9 Å². The van der Waals surface area contributed by atoms with E-state index in [0.717, 1.165) is 5.56 Å². The van der Waals surface area contributed by atoms with Crippen molar-refractivity contribution in [2.24, 2.45) is 7.05 Å². The molecule has 0 fully saturated rings. The molecule has 0 saturated carbocycles. The van der Waals surface area contributed by atoms with Gasteiger partial charge < -0.3 is 9.88 Å². The van der Waals surface area contributed by atoms with Crippen molar-refractivity contribution in [1.82, 2.24) is 14.9 Å². The molecule has 0 saturated heterocycles. The number of imidazole rings is 1. The van der Waals surface area contributed by atoms with Gasteiger partial charge in [0.05, 0.1) is 5.56 Å². The van der Waals surface area contributed by atoms with Crippen LogP contribution in [-0.4, -0.2) is 16.6 Å². The van der Waals surface area contributed by atoms with Crippen LogP contribution in [0.15, 0.2) is 30.6 Å². The molecular weight excluding hydrogens is 217 g/mol. The van der Waals surface area contributed by atoms with Crippen LogP contribution in [0.4, 0.5) is 4.39 Å². The number of halogens is 1. The van der Waals surface area contributed by atoms with Crippen LogP contribution >= 0.6 is 0 Å². The van der Waals surface area contributed by atoms with E-state index in [1.165, 1.54) is 6.07 Å². The Morgan fingerprint density at radius 2 is 2.18 bits per heavy atom. The third-order valence-corrected chi connectivity index (χ3v) is 2.99. The second kappa shape index (κ2) is 4.67. The molecule has 3 nitrogen and oxygen atoms in total. The van der Waals surface area contributed by atoms with Crippen LogP contribution in [0.2, 0.25) is 0 Å². The number of hydrogen-bond donors (Lipinski definition) is 1. The fraction of sp³-hybridized carbons (Fsp3) is 0.308. The summed E-state index contributed by atoms with van der Waals surface area (Å²) < 4.78 is 15.6. The predicted molar refractivity (Wildman–Crippen MR) is 66.1 cm³/mol. The Morgan fingerprint density at radius 3 is 2.76 bits per heavy atom. The standard InChI is InChI=1S/C13H16FN3/c1-9(15-2)10-4-5-12(14)11(8-10)13-16-6-7-17(13)3/h4-9,15H,1-3H3. The van der Waals surface area contributed by atoms with Gasteiger partial charge in [-0.25, -0.2) is 9.37 Å². The summed E-state index contributed by atoms with van der Waals surface area (Å²) in [5.41, 5.74) is 1.59. The van der Waals surface area contributed by atoms with E-state index in [4.69, 9.17) is 0 Å². The highest BCUT2D eigenvalue weighted by atomic mass is 19.1. The van der Waals surface area contributed by atoms with E-state index in [9.17, 15) is 4.39 Å². The number of hydrogen-bond acceptors (Lipinski definition) is 2. The lowest BCUT2D eigenvalue weighted by molar-refractivity contribution is 0.620. The van der Waals surface area contributed by atoms with Crippen LogP contribution in [-0.2, 0) is 7.05 Å². The van der Waals surface area contributed by atoms with Gasteiger partial charge in [0.15, 0.2) is 0 Å². The zero-order valence-corrected chi connectivity index (χ0v) is 10.2. The fourth-order valence-corrected chi connectivity index (χ4v) is 1.78. The van der Waals surface area contributed by atoms with Gasteiger partial charge in [0.25, 0.3) is 0 Å². The molecule has 2 rings (SSSR count). The molecule has 1 aromatic heterocycles. The molecule has 0 aliphatic rings. The van der Waals surface area contributed by atoms with Gasteiger partial charge in [0.2, 0.25) is 0 Å². The lowest BCUT2D eigenvalue weighted by Gasteiger charge is -2.12. The van der Waals surface area contributed by atoms with Crippen LogP contribution in [0.1, 0.15) is 18.5 Å². The van der Waals surface area contributed by atoms with Crippen molar-refractivity contribution < 1.29 is 4.39 Å². The minimum absolute atomic E-state index is 0.189.